The van der Waals surface area contributed by atoms with E-state index in [-0.39, 0.29) is 17.9 Å². The van der Waals surface area contributed by atoms with Crippen molar-refractivity contribution < 1.29 is 19.1 Å². The third-order valence-electron chi connectivity index (χ3n) is 2.50. The first kappa shape index (κ1) is 18.1. The van der Waals surface area contributed by atoms with Crippen molar-refractivity contribution in [1.29, 1.82) is 5.41 Å². The summed E-state index contributed by atoms with van der Waals surface area (Å²) in [7, 11) is 0. The number of nitrogens with one attached hydrogen (secondary N) is 3. The van der Waals surface area contributed by atoms with Crippen LogP contribution in [0.5, 0.6) is 0 Å². The second kappa shape index (κ2) is 7.39. The topological polar surface area (TPSA) is 134 Å². The van der Waals surface area contributed by atoms with Crippen molar-refractivity contribution in [2.24, 2.45) is 5.73 Å². The van der Waals surface area contributed by atoms with E-state index < -0.39 is 23.5 Å². The first-order chi connectivity index (χ1) is 10.6. The molecule has 0 atom stereocenters. The van der Waals surface area contributed by atoms with Gasteiger partial charge in [-0.2, -0.15) is 0 Å². The highest BCUT2D eigenvalue weighted by molar-refractivity contribution is 6.06. The lowest BCUT2D eigenvalue weighted by Crippen LogP contribution is -2.41. The average molecular weight is 320 g/mol. The molecule has 0 saturated heterocycles. The maximum Gasteiger partial charge on any atom is 0.408 e. The van der Waals surface area contributed by atoms with Gasteiger partial charge in [-0.15, -0.1) is 0 Å². The number of ether oxygens (including phenoxy) is 1. The largest absolute Gasteiger partial charge is 0.444 e. The Balaban J connectivity index is 2.49. The van der Waals surface area contributed by atoms with E-state index in [9.17, 15) is 14.4 Å². The molecule has 1 aromatic carbocycles. The van der Waals surface area contributed by atoms with Gasteiger partial charge in [0.05, 0.1) is 0 Å². The summed E-state index contributed by atoms with van der Waals surface area (Å²) in [5.74, 6) is -1.40. The number of nitrogens with two attached hydrogens (primary N) is 1. The number of rotatable bonds is 4. The van der Waals surface area contributed by atoms with Gasteiger partial charge in [0.2, 0.25) is 5.91 Å². The number of nitrogen functional groups attached to an aromatic ring is 1. The highest BCUT2D eigenvalue weighted by atomic mass is 16.6. The van der Waals surface area contributed by atoms with E-state index in [1.165, 1.54) is 24.3 Å². The van der Waals surface area contributed by atoms with Crippen molar-refractivity contribution in [2.45, 2.75) is 26.4 Å². The molecule has 0 fully saturated rings. The van der Waals surface area contributed by atoms with E-state index in [1.54, 1.807) is 20.8 Å². The maximum absolute atomic E-state index is 11.8. The smallest absolute Gasteiger partial charge is 0.408 e. The van der Waals surface area contributed by atoms with Crippen molar-refractivity contribution >= 4 is 23.7 Å². The average Bonchev–Trinajstić information content (AvgIpc) is 2.43. The van der Waals surface area contributed by atoms with Gasteiger partial charge in [-0.25, -0.2) is 4.79 Å². The quantitative estimate of drug-likeness (QED) is 0.480. The molecular formula is C15H20N4O4. The van der Waals surface area contributed by atoms with Crippen molar-refractivity contribution in [3.63, 3.8) is 0 Å². The minimum Gasteiger partial charge on any atom is -0.444 e. The van der Waals surface area contributed by atoms with Gasteiger partial charge >= 0.3 is 6.09 Å². The minimum atomic E-state index is -0.745. The molecule has 8 nitrogen and oxygen atoms in total. The predicted octanol–water partition coefficient (Wildman–Crippen LogP) is 0.752. The van der Waals surface area contributed by atoms with Gasteiger partial charge in [-0.05, 0) is 32.9 Å². The van der Waals surface area contributed by atoms with Gasteiger partial charge in [0.15, 0.2) is 0 Å². The fourth-order valence-corrected chi connectivity index (χ4v) is 1.51. The molecule has 1 rings (SSSR count). The minimum absolute atomic E-state index is 0.116. The van der Waals surface area contributed by atoms with Gasteiger partial charge in [0.25, 0.3) is 5.91 Å². The standard InChI is InChI=1S/C15H20N4O4/c1-15(2,3)23-14(22)18-8-11(20)19-13(21)10-6-4-9(5-7-10)12(16)17/h4-7H,8H2,1-3H3,(H3,16,17)(H,18,22)(H,19,20,21). The summed E-state index contributed by atoms with van der Waals surface area (Å²) in [6.45, 7) is 4.70. The molecule has 23 heavy (non-hydrogen) atoms. The van der Waals surface area contributed by atoms with Crippen LogP contribution in [0, 0.1) is 5.41 Å². The number of hydrogen-bond donors (Lipinski definition) is 4. The molecular weight excluding hydrogens is 300 g/mol. The van der Waals surface area contributed by atoms with Crippen LogP contribution in [-0.2, 0) is 9.53 Å². The van der Waals surface area contributed by atoms with Gasteiger partial charge in [0, 0.05) is 11.1 Å². The number of amides is 3. The first-order valence-corrected chi connectivity index (χ1v) is 6.84. The molecule has 5 N–H and O–H groups in total. The van der Waals surface area contributed by atoms with Crippen molar-refractivity contribution in [1.82, 2.24) is 10.6 Å². The highest BCUT2D eigenvalue weighted by Crippen LogP contribution is 2.06. The Morgan fingerprint density at radius 3 is 2.13 bits per heavy atom. The Bertz CT molecular complexity index is 617. The van der Waals surface area contributed by atoms with Crippen LogP contribution in [0.3, 0.4) is 0 Å². The fourth-order valence-electron chi connectivity index (χ4n) is 1.51. The Labute approximate surface area is 133 Å². The number of carbonyl (C=O) groups is 3. The first-order valence-electron chi connectivity index (χ1n) is 6.84. The van der Waals surface area contributed by atoms with Crippen LogP contribution >= 0.6 is 0 Å². The summed E-state index contributed by atoms with van der Waals surface area (Å²) in [5.41, 5.74) is 5.35. The molecule has 8 heteroatoms. The summed E-state index contributed by atoms with van der Waals surface area (Å²) in [4.78, 5) is 34.9. The molecule has 0 aliphatic heterocycles. The number of benzene rings is 1. The second-order valence-electron chi connectivity index (χ2n) is 5.72. The third-order valence-corrected chi connectivity index (χ3v) is 2.50. The Kier molecular flexibility index (Phi) is 5.83. The van der Waals surface area contributed by atoms with Gasteiger partial charge in [0.1, 0.15) is 18.0 Å². The lowest BCUT2D eigenvalue weighted by Gasteiger charge is -2.19. The molecule has 3 amide bonds. The van der Waals surface area contributed by atoms with Gasteiger partial charge in [-0.1, -0.05) is 12.1 Å². The summed E-state index contributed by atoms with van der Waals surface area (Å²) in [5, 5.41) is 11.6. The fraction of sp³-hybridized carbons (Fsp3) is 0.333. The number of alkyl carbamates (subject to hydrolysis) is 1. The molecule has 0 spiro atoms. The van der Waals surface area contributed by atoms with E-state index in [0.717, 1.165) is 0 Å². The summed E-state index contributed by atoms with van der Waals surface area (Å²) in [6.07, 6.45) is -0.745. The number of carbonyl (C=O) groups excluding carboxylic acids is 3. The van der Waals surface area contributed by atoms with E-state index in [1.807, 2.05) is 0 Å². The molecule has 124 valence electrons. The van der Waals surface area contributed by atoms with E-state index >= 15 is 0 Å². The monoisotopic (exact) mass is 320 g/mol. The van der Waals surface area contributed by atoms with Crippen LogP contribution in [0.4, 0.5) is 4.79 Å². The molecule has 0 unspecified atom stereocenters. The molecule has 0 saturated carbocycles. The van der Waals surface area contributed by atoms with Crippen LogP contribution in [0.1, 0.15) is 36.7 Å². The number of hydrogen-bond acceptors (Lipinski definition) is 5. The molecule has 0 heterocycles. The maximum atomic E-state index is 11.8. The zero-order chi connectivity index (χ0) is 17.6. The van der Waals surface area contributed by atoms with E-state index in [2.05, 4.69) is 10.6 Å². The second-order valence-corrected chi connectivity index (χ2v) is 5.72. The molecule has 1 aromatic rings. The summed E-state index contributed by atoms with van der Waals surface area (Å²) >= 11 is 0. The van der Waals surface area contributed by atoms with E-state index in [4.69, 9.17) is 15.9 Å². The number of imide groups is 1. The zero-order valence-electron chi connectivity index (χ0n) is 13.2. The molecule has 0 aliphatic rings. The van der Waals surface area contributed by atoms with Crippen LogP contribution in [0.2, 0.25) is 0 Å². The number of amidine groups is 1. The Morgan fingerprint density at radius 1 is 1.13 bits per heavy atom. The lowest BCUT2D eigenvalue weighted by molar-refractivity contribution is -0.119. The molecule has 0 bridgehead atoms. The van der Waals surface area contributed by atoms with Gasteiger partial charge < -0.3 is 15.8 Å². The van der Waals surface area contributed by atoms with E-state index in [0.29, 0.717) is 5.56 Å². The van der Waals surface area contributed by atoms with Crippen molar-refractivity contribution in [3.8, 4) is 0 Å². The van der Waals surface area contributed by atoms with Crippen LogP contribution in [0.15, 0.2) is 24.3 Å². The third kappa shape index (κ3) is 6.60. The lowest BCUT2D eigenvalue weighted by atomic mass is 10.1. The SMILES string of the molecule is CC(C)(C)OC(=O)NCC(=O)NC(=O)c1ccc(C(=N)N)cc1. The van der Waals surface area contributed by atoms with Crippen LogP contribution in [0.25, 0.3) is 0 Å². The molecule has 0 aromatic heterocycles. The van der Waals surface area contributed by atoms with Gasteiger partial charge in [-0.3, -0.25) is 20.3 Å². The Morgan fingerprint density at radius 2 is 1.65 bits per heavy atom. The normalized spacial score (nSPS) is 10.6. The van der Waals surface area contributed by atoms with Crippen molar-refractivity contribution in [3.05, 3.63) is 35.4 Å². The summed E-state index contributed by atoms with van der Waals surface area (Å²) < 4.78 is 4.97. The summed E-state index contributed by atoms with van der Waals surface area (Å²) in [6, 6.07) is 5.89. The van der Waals surface area contributed by atoms with Crippen LogP contribution in [-0.4, -0.2) is 35.9 Å². The molecule has 0 aliphatic carbocycles. The predicted molar refractivity (Wildman–Crippen MR) is 84.2 cm³/mol. The van der Waals surface area contributed by atoms with Crippen molar-refractivity contribution in [2.75, 3.05) is 6.54 Å². The van der Waals surface area contributed by atoms with Crippen LogP contribution < -0.4 is 16.4 Å². The Hall–Kier alpha value is -2.90. The zero-order valence-corrected chi connectivity index (χ0v) is 13.2. The highest BCUT2D eigenvalue weighted by Gasteiger charge is 2.17. The molecule has 0 radical (unpaired) electrons.